The minimum absolute atomic E-state index is 0.0486. The van der Waals surface area contributed by atoms with Crippen molar-refractivity contribution >= 4 is 41.0 Å². The molecule has 0 amide bonds. The van der Waals surface area contributed by atoms with E-state index in [4.69, 9.17) is 26.0 Å². The Morgan fingerprint density at radius 1 is 0.880 bits per heavy atom. The Labute approximate surface area is 297 Å². The quantitative estimate of drug-likeness (QED) is 0.0460. The molecule has 1 atom stereocenters. The predicted molar refractivity (Wildman–Crippen MR) is 197 cm³/mol. The molecule has 0 aromatic heterocycles. The largest absolute Gasteiger partial charge is 0.494 e. The van der Waals surface area contributed by atoms with Crippen molar-refractivity contribution in [1.82, 2.24) is 10.2 Å². The molecule has 0 bridgehead atoms. The summed E-state index contributed by atoms with van der Waals surface area (Å²) in [5, 5.41) is 11.7. The van der Waals surface area contributed by atoms with E-state index >= 15 is 0 Å². The molecule has 0 radical (unpaired) electrons. The summed E-state index contributed by atoms with van der Waals surface area (Å²) in [5.41, 5.74) is 15.9. The van der Waals surface area contributed by atoms with Crippen LogP contribution in [0.1, 0.15) is 30.4 Å². The van der Waals surface area contributed by atoms with Gasteiger partial charge in [0, 0.05) is 36.0 Å². The number of carbonyl (C=O) groups is 2. The highest BCUT2D eigenvalue weighted by Gasteiger charge is 2.22. The van der Waals surface area contributed by atoms with E-state index in [-0.39, 0.29) is 19.2 Å². The number of rotatable bonds is 18. The van der Waals surface area contributed by atoms with Crippen molar-refractivity contribution in [2.45, 2.75) is 48.2 Å². The monoisotopic (exact) mass is 696 g/mol. The average Bonchev–Trinajstić information content (AvgIpc) is 3.12. The van der Waals surface area contributed by atoms with Crippen molar-refractivity contribution in [3.8, 4) is 5.75 Å². The van der Waals surface area contributed by atoms with Crippen LogP contribution in [0.15, 0.2) is 118 Å². The summed E-state index contributed by atoms with van der Waals surface area (Å²) < 4.78 is 11.6. The van der Waals surface area contributed by atoms with Gasteiger partial charge in [-0.1, -0.05) is 78.5 Å². The summed E-state index contributed by atoms with van der Waals surface area (Å²) in [4.78, 5) is 34.6. The van der Waals surface area contributed by atoms with Gasteiger partial charge in [0.2, 0.25) is 0 Å². The molecule has 1 aliphatic rings. The number of guanidine groups is 1. The molecule has 6 N–H and O–H groups in total. The summed E-state index contributed by atoms with van der Waals surface area (Å²) in [6.07, 6.45) is 1.65. The molecule has 5 rings (SSSR count). The number of benzene rings is 4. The Morgan fingerprint density at radius 2 is 1.54 bits per heavy atom. The number of aliphatic imine (C=N–C) groups is 1. The molecule has 0 saturated carbocycles. The van der Waals surface area contributed by atoms with E-state index in [1.54, 1.807) is 11.8 Å². The zero-order chi connectivity index (χ0) is 35.1. The maximum absolute atomic E-state index is 12.8. The van der Waals surface area contributed by atoms with Crippen molar-refractivity contribution in [1.29, 1.82) is 0 Å². The van der Waals surface area contributed by atoms with E-state index in [2.05, 4.69) is 63.7 Å². The van der Waals surface area contributed by atoms with Gasteiger partial charge >= 0.3 is 11.9 Å². The average molecular weight is 697 g/mol. The van der Waals surface area contributed by atoms with Crippen molar-refractivity contribution in [2.75, 3.05) is 37.9 Å². The minimum atomic E-state index is -1.04. The van der Waals surface area contributed by atoms with Crippen molar-refractivity contribution in [3.05, 3.63) is 114 Å². The number of aliphatic carboxylic acids is 1. The van der Waals surface area contributed by atoms with E-state index in [1.165, 1.54) is 21.2 Å². The molecule has 1 unspecified atom stereocenters. The molecule has 0 saturated heterocycles. The number of para-hydroxylation sites is 2. The number of carboxylic acid groups (broad SMARTS) is 1. The predicted octanol–water partition coefficient (Wildman–Crippen LogP) is 5.36. The second-order valence-corrected chi connectivity index (χ2v) is 13.0. The summed E-state index contributed by atoms with van der Waals surface area (Å²) >= 11 is 1.81. The summed E-state index contributed by atoms with van der Waals surface area (Å²) in [7, 11) is 0. The number of carboxylic acids is 1. The van der Waals surface area contributed by atoms with Crippen LogP contribution in [0.2, 0.25) is 0 Å². The molecule has 0 fully saturated rings. The Hall–Kier alpha value is -5.04. The number of nitrogens with one attached hydrogen (secondary N) is 1. The number of fused-ring (bicyclic) bond motifs is 2. The van der Waals surface area contributed by atoms with E-state index in [0.717, 1.165) is 29.8 Å². The van der Waals surface area contributed by atoms with Crippen molar-refractivity contribution in [2.24, 2.45) is 16.5 Å². The summed E-state index contributed by atoms with van der Waals surface area (Å²) in [6.45, 7) is 2.66. The fourth-order valence-electron chi connectivity index (χ4n) is 5.56. The maximum Gasteiger partial charge on any atom is 0.321 e. The second-order valence-electron chi connectivity index (χ2n) is 11.9. The van der Waals surface area contributed by atoms with Gasteiger partial charge in [0.25, 0.3) is 0 Å². The van der Waals surface area contributed by atoms with Gasteiger partial charge in [-0.2, -0.15) is 0 Å². The number of hydrogen-bond donors (Lipinski definition) is 4. The molecule has 1 aliphatic heterocycles. The van der Waals surface area contributed by atoms with E-state index in [1.807, 2.05) is 59.5 Å². The van der Waals surface area contributed by atoms with Gasteiger partial charge in [0.05, 0.1) is 24.5 Å². The highest BCUT2D eigenvalue weighted by molar-refractivity contribution is 7.99. The van der Waals surface area contributed by atoms with Crippen LogP contribution < -0.4 is 26.4 Å². The summed E-state index contributed by atoms with van der Waals surface area (Å²) in [5.74, 6) is -0.597. The van der Waals surface area contributed by atoms with E-state index in [0.29, 0.717) is 39.1 Å². The molecule has 12 heteroatoms. The van der Waals surface area contributed by atoms with Crippen LogP contribution in [-0.2, 0) is 27.4 Å². The highest BCUT2D eigenvalue weighted by Crippen LogP contribution is 2.47. The third-order valence-electron chi connectivity index (χ3n) is 8.01. The molecular formula is C38H44N6O5S. The molecule has 4 aromatic rings. The number of ether oxygens (including phenoxy) is 2. The first-order valence-electron chi connectivity index (χ1n) is 16.6. The standard InChI is InChI=1S/C38H44N6O5S/c39-31(37(46)47)15-9-20-41-38(40)42-27-49-36(45)26-43(24-28-11-2-1-3-12-28)25-29-13-8-14-30(23-29)48-22-10-21-44-32-16-4-6-18-34(32)50-35-19-7-5-17-33(35)44/h1-8,11-14,16-19,23,31H,9-10,15,20-22,24-27,39H2,(H,46,47)(H3,40,41,42). The van der Waals surface area contributed by atoms with Gasteiger partial charge in [0.1, 0.15) is 11.8 Å². The van der Waals surface area contributed by atoms with Crippen LogP contribution in [0.25, 0.3) is 0 Å². The lowest BCUT2D eigenvalue weighted by molar-refractivity contribution is -0.145. The fourth-order valence-corrected chi connectivity index (χ4v) is 6.65. The van der Waals surface area contributed by atoms with Gasteiger partial charge in [-0.25, -0.2) is 4.99 Å². The van der Waals surface area contributed by atoms with E-state index in [9.17, 15) is 9.59 Å². The lowest BCUT2D eigenvalue weighted by Gasteiger charge is -2.32. The first-order valence-corrected chi connectivity index (χ1v) is 17.5. The fraction of sp³-hybridized carbons (Fsp3) is 0.289. The van der Waals surface area contributed by atoms with Crippen LogP contribution >= 0.6 is 11.8 Å². The third-order valence-corrected chi connectivity index (χ3v) is 9.14. The number of hydrogen-bond acceptors (Lipinski definition) is 9. The van der Waals surface area contributed by atoms with Crippen LogP contribution in [0, 0.1) is 0 Å². The molecule has 262 valence electrons. The van der Waals surface area contributed by atoms with Gasteiger partial charge in [-0.15, -0.1) is 0 Å². The zero-order valence-corrected chi connectivity index (χ0v) is 28.8. The maximum atomic E-state index is 12.8. The smallest absolute Gasteiger partial charge is 0.321 e. The molecule has 4 aromatic carbocycles. The minimum Gasteiger partial charge on any atom is -0.494 e. The molecule has 0 aliphatic carbocycles. The first-order chi connectivity index (χ1) is 24.4. The van der Waals surface area contributed by atoms with Crippen molar-refractivity contribution < 1.29 is 24.2 Å². The Kier molecular flexibility index (Phi) is 13.5. The van der Waals surface area contributed by atoms with Gasteiger partial charge in [-0.3, -0.25) is 14.5 Å². The molecule has 11 nitrogen and oxygen atoms in total. The van der Waals surface area contributed by atoms with Crippen molar-refractivity contribution in [3.63, 3.8) is 0 Å². The second kappa shape index (κ2) is 18.6. The molecule has 50 heavy (non-hydrogen) atoms. The van der Waals surface area contributed by atoms with Crippen LogP contribution in [0.5, 0.6) is 5.75 Å². The SMILES string of the molecule is N/C(=N\COC(=O)CN(Cc1ccccc1)Cc1cccc(OCCCN2c3ccccc3Sc3ccccc32)c1)NCCCC(N)C(=O)O. The third kappa shape index (κ3) is 11.0. The normalized spacial score (nSPS) is 12.9. The van der Waals surface area contributed by atoms with Crippen LogP contribution in [0.4, 0.5) is 11.4 Å². The number of nitrogens with zero attached hydrogens (tertiary/aromatic N) is 3. The molecular weight excluding hydrogens is 653 g/mol. The first kappa shape index (κ1) is 36.2. The molecule has 0 spiro atoms. The van der Waals surface area contributed by atoms with Gasteiger partial charge < -0.3 is 36.3 Å². The number of esters is 1. The van der Waals surface area contributed by atoms with E-state index < -0.39 is 18.0 Å². The summed E-state index contributed by atoms with van der Waals surface area (Å²) in [6, 6.07) is 34.0. The number of carbonyl (C=O) groups excluding carboxylic acids is 1. The van der Waals surface area contributed by atoms with Crippen LogP contribution in [0.3, 0.4) is 0 Å². The topological polar surface area (TPSA) is 156 Å². The lowest BCUT2D eigenvalue weighted by Crippen LogP contribution is -2.35. The number of anilines is 2. The van der Waals surface area contributed by atoms with Gasteiger partial charge in [-0.05, 0) is 66.8 Å². The Bertz CT molecular complexity index is 1690. The Balaban J connectivity index is 1.12. The van der Waals surface area contributed by atoms with Crippen LogP contribution in [-0.4, -0.2) is 66.9 Å². The molecule has 1 heterocycles. The lowest BCUT2D eigenvalue weighted by atomic mass is 10.1. The Morgan fingerprint density at radius 3 is 2.26 bits per heavy atom. The van der Waals surface area contributed by atoms with Gasteiger partial charge in [0.15, 0.2) is 12.7 Å². The number of nitrogens with two attached hydrogens (primary N) is 2. The highest BCUT2D eigenvalue weighted by atomic mass is 32.2. The zero-order valence-electron chi connectivity index (χ0n) is 27.9.